The fourth-order valence-corrected chi connectivity index (χ4v) is 1.95. The van der Waals surface area contributed by atoms with Crippen LogP contribution in [0, 0.1) is 21.4 Å². The van der Waals surface area contributed by atoms with Crippen LogP contribution >= 0.6 is 0 Å². The van der Waals surface area contributed by atoms with Crippen molar-refractivity contribution in [1.82, 2.24) is 0 Å². The molecule has 0 spiro atoms. The maximum Gasteiger partial charge on any atom is 0.287 e. The normalized spacial score (nSPS) is 19.1. The maximum absolute atomic E-state index is 10.7. The molecule has 1 atom stereocenters. The second kappa shape index (κ2) is 4.39. The molecule has 0 saturated carbocycles. The Kier molecular flexibility index (Phi) is 2.93. The number of aliphatic hydroxyl groups excluding tert-OH is 1. The zero-order valence-electron chi connectivity index (χ0n) is 9.04. The molecule has 17 heavy (non-hydrogen) atoms. The standard InChI is InChI=1S/C11H11N3O3/c12-6-8-5-9(1-2-11(8)14(16)17)13-4-3-10(15)7-13/h1-2,5,10,15H,3-4,7H2/t10-/m1/s1. The first-order chi connectivity index (χ1) is 8.11. The van der Waals surface area contributed by atoms with Gasteiger partial charge in [0.2, 0.25) is 0 Å². The van der Waals surface area contributed by atoms with Crippen molar-refractivity contribution in [3.05, 3.63) is 33.9 Å². The summed E-state index contributed by atoms with van der Waals surface area (Å²) in [6, 6.07) is 6.26. The molecule has 1 heterocycles. The van der Waals surface area contributed by atoms with E-state index in [9.17, 15) is 15.2 Å². The molecule has 6 heteroatoms. The van der Waals surface area contributed by atoms with E-state index in [0.29, 0.717) is 19.5 Å². The van der Waals surface area contributed by atoms with E-state index in [1.54, 1.807) is 6.07 Å². The molecule has 1 aliphatic rings. The minimum atomic E-state index is -0.568. The van der Waals surface area contributed by atoms with Gasteiger partial charge in [-0.05, 0) is 18.6 Å². The summed E-state index contributed by atoms with van der Waals surface area (Å²) in [4.78, 5) is 12.0. The lowest BCUT2D eigenvalue weighted by molar-refractivity contribution is -0.385. The minimum Gasteiger partial charge on any atom is -0.391 e. The fourth-order valence-electron chi connectivity index (χ4n) is 1.95. The van der Waals surface area contributed by atoms with Crippen LogP contribution in [0.3, 0.4) is 0 Å². The van der Waals surface area contributed by atoms with Crippen LogP contribution < -0.4 is 4.90 Å². The van der Waals surface area contributed by atoms with Gasteiger partial charge in [0.05, 0.1) is 11.0 Å². The number of anilines is 1. The highest BCUT2D eigenvalue weighted by molar-refractivity contribution is 5.60. The van der Waals surface area contributed by atoms with Crippen LogP contribution in [-0.4, -0.2) is 29.2 Å². The number of benzene rings is 1. The van der Waals surface area contributed by atoms with Gasteiger partial charge in [-0.2, -0.15) is 5.26 Å². The zero-order valence-corrected chi connectivity index (χ0v) is 9.04. The average molecular weight is 233 g/mol. The number of hydrogen-bond donors (Lipinski definition) is 1. The van der Waals surface area contributed by atoms with E-state index >= 15 is 0 Å². The highest BCUT2D eigenvalue weighted by Crippen LogP contribution is 2.26. The lowest BCUT2D eigenvalue weighted by Gasteiger charge is -2.17. The largest absolute Gasteiger partial charge is 0.391 e. The SMILES string of the molecule is N#Cc1cc(N2CC[C@@H](O)C2)ccc1[N+](=O)[O-]. The lowest BCUT2D eigenvalue weighted by Crippen LogP contribution is -2.21. The smallest absolute Gasteiger partial charge is 0.287 e. The third-order valence-electron chi connectivity index (χ3n) is 2.83. The van der Waals surface area contributed by atoms with Crippen molar-refractivity contribution in [1.29, 1.82) is 5.26 Å². The number of nitro groups is 1. The number of nitro benzene ring substituents is 1. The summed E-state index contributed by atoms with van der Waals surface area (Å²) in [5.41, 5.74) is 0.605. The first-order valence-corrected chi connectivity index (χ1v) is 5.23. The summed E-state index contributed by atoms with van der Waals surface area (Å²) in [5.74, 6) is 0. The van der Waals surface area contributed by atoms with Crippen LogP contribution in [0.2, 0.25) is 0 Å². The molecule has 0 aliphatic carbocycles. The molecule has 1 N–H and O–H groups in total. The van der Waals surface area contributed by atoms with Crippen LogP contribution in [0.4, 0.5) is 11.4 Å². The molecular weight excluding hydrogens is 222 g/mol. The number of nitrogens with zero attached hydrogens (tertiary/aromatic N) is 3. The molecule has 1 aliphatic heterocycles. The molecule has 1 aromatic rings. The van der Waals surface area contributed by atoms with Crippen LogP contribution in [0.5, 0.6) is 0 Å². The van der Waals surface area contributed by atoms with E-state index in [0.717, 1.165) is 5.69 Å². The topological polar surface area (TPSA) is 90.4 Å². The first kappa shape index (κ1) is 11.4. The van der Waals surface area contributed by atoms with Crippen molar-refractivity contribution in [2.24, 2.45) is 0 Å². The molecule has 0 radical (unpaired) electrons. The molecule has 0 aromatic heterocycles. The molecule has 2 rings (SSSR count). The molecule has 0 bridgehead atoms. The van der Waals surface area contributed by atoms with Crippen molar-refractivity contribution in [3.63, 3.8) is 0 Å². The summed E-state index contributed by atoms with van der Waals surface area (Å²) in [5, 5.41) is 28.9. The van der Waals surface area contributed by atoms with E-state index in [1.807, 2.05) is 11.0 Å². The quantitative estimate of drug-likeness (QED) is 0.608. The third kappa shape index (κ3) is 2.19. The Morgan fingerprint density at radius 1 is 1.59 bits per heavy atom. The van der Waals surface area contributed by atoms with Crippen LogP contribution in [0.1, 0.15) is 12.0 Å². The van der Waals surface area contributed by atoms with Crippen LogP contribution in [0.25, 0.3) is 0 Å². The van der Waals surface area contributed by atoms with Gasteiger partial charge in [-0.25, -0.2) is 0 Å². The third-order valence-corrected chi connectivity index (χ3v) is 2.83. The summed E-state index contributed by atoms with van der Waals surface area (Å²) in [7, 11) is 0. The first-order valence-electron chi connectivity index (χ1n) is 5.23. The van der Waals surface area contributed by atoms with E-state index in [-0.39, 0.29) is 17.4 Å². The van der Waals surface area contributed by atoms with Crippen molar-refractivity contribution >= 4 is 11.4 Å². The lowest BCUT2D eigenvalue weighted by atomic mass is 10.1. The Hall–Kier alpha value is -2.13. The van der Waals surface area contributed by atoms with E-state index in [1.165, 1.54) is 12.1 Å². The molecule has 1 aromatic carbocycles. The highest BCUT2D eigenvalue weighted by Gasteiger charge is 2.22. The molecule has 6 nitrogen and oxygen atoms in total. The Bertz CT molecular complexity index is 495. The molecule has 1 saturated heterocycles. The monoisotopic (exact) mass is 233 g/mol. The van der Waals surface area contributed by atoms with Gasteiger partial charge in [-0.15, -0.1) is 0 Å². The molecule has 0 unspecified atom stereocenters. The van der Waals surface area contributed by atoms with Crippen molar-refractivity contribution in [3.8, 4) is 6.07 Å². The van der Waals surface area contributed by atoms with Gasteiger partial charge in [-0.3, -0.25) is 10.1 Å². The van der Waals surface area contributed by atoms with Gasteiger partial charge in [-0.1, -0.05) is 0 Å². The number of hydrogen-bond acceptors (Lipinski definition) is 5. The van der Waals surface area contributed by atoms with Crippen molar-refractivity contribution in [2.75, 3.05) is 18.0 Å². The van der Waals surface area contributed by atoms with Crippen molar-refractivity contribution in [2.45, 2.75) is 12.5 Å². The second-order valence-electron chi connectivity index (χ2n) is 3.96. The zero-order chi connectivity index (χ0) is 12.4. The van der Waals surface area contributed by atoms with Gasteiger partial charge in [0.15, 0.2) is 0 Å². The Labute approximate surface area is 97.8 Å². The average Bonchev–Trinajstić information content (AvgIpc) is 2.75. The van der Waals surface area contributed by atoms with Crippen LogP contribution in [0.15, 0.2) is 18.2 Å². The van der Waals surface area contributed by atoms with E-state index in [4.69, 9.17) is 5.26 Å². The number of aliphatic hydroxyl groups is 1. The molecule has 88 valence electrons. The number of β-amino-alcohol motifs (C(OH)–C–C–N with tert-alkyl or cyclic N) is 1. The van der Waals surface area contributed by atoms with Gasteiger partial charge in [0, 0.05) is 24.8 Å². The summed E-state index contributed by atoms with van der Waals surface area (Å²) in [6.07, 6.45) is 0.314. The van der Waals surface area contributed by atoms with Gasteiger partial charge >= 0.3 is 0 Å². The van der Waals surface area contributed by atoms with E-state index in [2.05, 4.69) is 0 Å². The minimum absolute atomic E-state index is 0.0499. The van der Waals surface area contributed by atoms with E-state index < -0.39 is 4.92 Å². The van der Waals surface area contributed by atoms with Crippen LogP contribution in [-0.2, 0) is 0 Å². The second-order valence-corrected chi connectivity index (χ2v) is 3.96. The Morgan fingerprint density at radius 3 is 2.88 bits per heavy atom. The Balaban J connectivity index is 2.32. The summed E-state index contributed by atoms with van der Waals surface area (Å²) in [6.45, 7) is 1.20. The predicted molar refractivity (Wildman–Crippen MR) is 60.6 cm³/mol. The molecular formula is C11H11N3O3. The molecule has 1 fully saturated rings. The summed E-state index contributed by atoms with van der Waals surface area (Å²) < 4.78 is 0. The summed E-state index contributed by atoms with van der Waals surface area (Å²) >= 11 is 0. The predicted octanol–water partition coefficient (Wildman–Crippen LogP) is 1.04. The van der Waals surface area contributed by atoms with Crippen molar-refractivity contribution < 1.29 is 10.0 Å². The highest BCUT2D eigenvalue weighted by atomic mass is 16.6. The Morgan fingerprint density at radius 2 is 2.35 bits per heavy atom. The fraction of sp³-hybridized carbons (Fsp3) is 0.364. The molecule has 0 amide bonds. The van der Waals surface area contributed by atoms with Gasteiger partial charge in [0.25, 0.3) is 5.69 Å². The maximum atomic E-state index is 10.7. The van der Waals surface area contributed by atoms with Gasteiger partial charge < -0.3 is 10.0 Å². The number of nitriles is 1. The van der Waals surface area contributed by atoms with Gasteiger partial charge in [0.1, 0.15) is 11.6 Å². The number of rotatable bonds is 2.